The molecule has 0 saturated heterocycles. The molecular weight excluding hydrogens is 769 g/mol. The number of nitrogens with one attached hydrogen (secondary N) is 2. The van der Waals surface area contributed by atoms with Gasteiger partial charge in [-0.2, -0.15) is 31.6 Å². The van der Waals surface area contributed by atoms with E-state index in [2.05, 4.69) is 20.3 Å². The molecule has 3 aromatic heterocycles. The van der Waals surface area contributed by atoms with Crippen molar-refractivity contribution in [3.63, 3.8) is 0 Å². The molecular formula is C31H32ClF3N8O10S. The topological polar surface area (TPSA) is 223 Å². The van der Waals surface area contributed by atoms with Crippen LogP contribution in [0.5, 0.6) is 11.8 Å². The third kappa shape index (κ3) is 10.3. The first-order valence-electron chi connectivity index (χ1n) is 15.0. The number of benzene rings is 1. The predicted octanol–water partition coefficient (Wildman–Crippen LogP) is 2.87. The number of halogens is 4. The maximum Gasteiger partial charge on any atom is 0.431 e. The van der Waals surface area contributed by atoms with Crippen molar-refractivity contribution in [3.05, 3.63) is 91.3 Å². The zero-order valence-electron chi connectivity index (χ0n) is 29.4. The van der Waals surface area contributed by atoms with Crippen molar-refractivity contribution in [1.29, 1.82) is 0 Å². The molecule has 0 aliphatic rings. The molecule has 54 heavy (non-hydrogen) atoms. The van der Waals surface area contributed by atoms with Crippen molar-refractivity contribution < 1.29 is 50.2 Å². The van der Waals surface area contributed by atoms with Crippen LogP contribution in [0.4, 0.5) is 23.9 Å². The highest BCUT2D eigenvalue weighted by atomic mass is 35.5. The van der Waals surface area contributed by atoms with Gasteiger partial charge < -0.3 is 19.1 Å². The van der Waals surface area contributed by atoms with E-state index in [1.165, 1.54) is 69.7 Å². The summed E-state index contributed by atoms with van der Waals surface area (Å²) in [5.41, 5.74) is -4.19. The molecule has 4 rings (SSSR count). The van der Waals surface area contributed by atoms with E-state index in [4.69, 9.17) is 25.8 Å². The number of esters is 1. The molecule has 1 aromatic carbocycles. The van der Waals surface area contributed by atoms with Crippen LogP contribution in [0.15, 0.2) is 63.3 Å². The minimum Gasteiger partial charge on any atom is -0.481 e. The Balaban J connectivity index is 0.000000291. The van der Waals surface area contributed by atoms with Crippen molar-refractivity contribution in [2.75, 3.05) is 33.6 Å². The van der Waals surface area contributed by atoms with Crippen LogP contribution in [-0.2, 0) is 28.0 Å². The Labute approximate surface area is 309 Å². The number of hydrogen-bond donors (Lipinski definition) is 2. The number of urea groups is 1. The summed E-state index contributed by atoms with van der Waals surface area (Å²) in [4.78, 5) is 73.4. The van der Waals surface area contributed by atoms with Gasteiger partial charge in [0.15, 0.2) is 5.03 Å². The minimum absolute atomic E-state index is 0.0104. The molecule has 4 aromatic rings. The molecule has 0 spiro atoms. The van der Waals surface area contributed by atoms with Gasteiger partial charge in [0, 0.05) is 33.4 Å². The van der Waals surface area contributed by atoms with Gasteiger partial charge >= 0.3 is 23.9 Å². The number of pyridine rings is 1. The number of nitrogens with zero attached hydrogens (tertiary/aromatic N) is 6. The van der Waals surface area contributed by atoms with Crippen LogP contribution in [0.2, 0.25) is 5.02 Å². The zero-order valence-corrected chi connectivity index (χ0v) is 31.0. The molecule has 3 heterocycles. The Morgan fingerprint density at radius 3 is 2.11 bits per heavy atom. The van der Waals surface area contributed by atoms with Gasteiger partial charge in [0.1, 0.15) is 5.69 Å². The fourth-order valence-electron chi connectivity index (χ4n) is 4.20. The zero-order chi connectivity index (χ0) is 40.7. The highest BCUT2D eigenvalue weighted by Gasteiger charge is 2.35. The molecule has 23 heteroatoms. The van der Waals surface area contributed by atoms with Crippen molar-refractivity contribution in [2.45, 2.75) is 31.2 Å². The summed E-state index contributed by atoms with van der Waals surface area (Å²) in [6.07, 6.45) is -4.11. The van der Waals surface area contributed by atoms with E-state index in [-0.39, 0.29) is 39.5 Å². The minimum atomic E-state index is -4.86. The van der Waals surface area contributed by atoms with Crippen LogP contribution in [0.1, 0.15) is 40.3 Å². The molecule has 0 aliphatic carbocycles. The Morgan fingerprint density at radius 1 is 0.963 bits per heavy atom. The molecule has 18 nitrogen and oxygen atoms in total. The first-order valence-corrected chi connectivity index (χ1v) is 16.9. The summed E-state index contributed by atoms with van der Waals surface area (Å²) >= 11 is 5.94. The van der Waals surface area contributed by atoms with Gasteiger partial charge in [-0.1, -0.05) is 11.6 Å². The van der Waals surface area contributed by atoms with Crippen LogP contribution in [-0.4, -0.2) is 89.7 Å². The van der Waals surface area contributed by atoms with Gasteiger partial charge in [0.2, 0.25) is 17.7 Å². The van der Waals surface area contributed by atoms with Gasteiger partial charge in [-0.05, 0) is 44.2 Å². The largest absolute Gasteiger partial charge is 0.481 e. The van der Waals surface area contributed by atoms with Crippen molar-refractivity contribution in [1.82, 2.24) is 33.7 Å². The molecule has 3 amide bonds. The lowest BCUT2D eigenvalue weighted by Gasteiger charge is -2.15. The summed E-state index contributed by atoms with van der Waals surface area (Å²) in [6, 6.07) is 6.81. The number of aromatic nitrogens is 5. The number of ether oxygens (including phenoxy) is 3. The van der Waals surface area contributed by atoms with Crippen molar-refractivity contribution >= 4 is 45.5 Å². The number of amides is 3. The molecule has 0 bridgehead atoms. The summed E-state index contributed by atoms with van der Waals surface area (Å²) in [5.74, 6) is -1.45. The smallest absolute Gasteiger partial charge is 0.431 e. The summed E-state index contributed by atoms with van der Waals surface area (Å²) in [5, 5.41) is 1.57. The summed E-state index contributed by atoms with van der Waals surface area (Å²) in [7, 11) is 2.05. The average molecular weight is 801 g/mol. The Hall–Kier alpha value is -6.03. The second-order valence-corrected chi connectivity index (χ2v) is 13.1. The Kier molecular flexibility index (Phi) is 13.5. The number of alkyl halides is 3. The Morgan fingerprint density at radius 2 is 1.57 bits per heavy atom. The number of rotatable bonds is 9. The fraction of sp³-hybridized carbons (Fsp3) is 0.290. The van der Waals surface area contributed by atoms with Gasteiger partial charge in [0.25, 0.3) is 21.5 Å². The van der Waals surface area contributed by atoms with E-state index in [1.54, 1.807) is 18.6 Å². The molecule has 0 atom stereocenters. The lowest BCUT2D eigenvalue weighted by Crippen LogP contribution is -2.40. The lowest BCUT2D eigenvalue weighted by molar-refractivity contribution is -0.144. The molecule has 0 aliphatic heterocycles. The van der Waals surface area contributed by atoms with Gasteiger partial charge in [0.05, 0.1) is 48.2 Å². The SMILES string of the molecule is CC(C)OC(=O)c1cc(-n2c(=O)cc(C(F)(F)F)n(C)c2=O)ccc1Cl.COc1cc(OC)nc(NC(=O)NS(=O)(=O)c2ncccc2C(=O)N(C)C)n1. The molecule has 0 unspecified atom stereocenters. The van der Waals surface area contributed by atoms with Crippen LogP contribution >= 0.6 is 11.6 Å². The van der Waals surface area contributed by atoms with Crippen molar-refractivity contribution in [3.8, 4) is 17.4 Å². The summed E-state index contributed by atoms with van der Waals surface area (Å²) < 4.78 is 81.2. The average Bonchev–Trinajstić information content (AvgIpc) is 3.09. The number of hydrogen-bond acceptors (Lipinski definition) is 13. The van der Waals surface area contributed by atoms with Crippen LogP contribution < -0.4 is 30.8 Å². The lowest BCUT2D eigenvalue weighted by atomic mass is 10.2. The molecule has 290 valence electrons. The third-order valence-corrected chi connectivity index (χ3v) is 8.21. The molecule has 0 radical (unpaired) electrons. The predicted molar refractivity (Wildman–Crippen MR) is 185 cm³/mol. The van der Waals surface area contributed by atoms with E-state index in [9.17, 15) is 45.6 Å². The first kappa shape index (κ1) is 42.4. The normalized spacial score (nSPS) is 11.2. The Bertz CT molecular complexity index is 2280. The molecule has 2 N–H and O–H groups in total. The number of sulfonamides is 1. The van der Waals surface area contributed by atoms with E-state index < -0.39 is 62.2 Å². The van der Waals surface area contributed by atoms with E-state index in [0.29, 0.717) is 15.2 Å². The number of carbonyl (C=O) groups excluding carboxylic acids is 3. The van der Waals surface area contributed by atoms with E-state index in [1.807, 2.05) is 0 Å². The van der Waals surface area contributed by atoms with Crippen LogP contribution in [0.25, 0.3) is 5.69 Å². The van der Waals surface area contributed by atoms with Gasteiger partial charge in [-0.3, -0.25) is 19.5 Å². The second-order valence-electron chi connectivity index (χ2n) is 11.1. The number of methoxy groups -OCH3 is 2. The molecule has 0 saturated carbocycles. The first-order chi connectivity index (χ1) is 25.1. The second kappa shape index (κ2) is 17.2. The van der Waals surface area contributed by atoms with E-state index in [0.717, 1.165) is 13.1 Å². The fourth-order valence-corrected chi connectivity index (χ4v) is 5.43. The highest BCUT2D eigenvalue weighted by Crippen LogP contribution is 2.27. The quantitative estimate of drug-likeness (QED) is 0.233. The number of carbonyl (C=O) groups is 3. The number of anilines is 1. The third-order valence-electron chi connectivity index (χ3n) is 6.59. The van der Waals surface area contributed by atoms with Crippen LogP contribution in [0, 0.1) is 0 Å². The maximum atomic E-state index is 12.9. The van der Waals surface area contributed by atoms with E-state index >= 15 is 0 Å². The van der Waals surface area contributed by atoms with Gasteiger partial charge in [-0.25, -0.2) is 28.7 Å². The van der Waals surface area contributed by atoms with Crippen molar-refractivity contribution in [2.24, 2.45) is 7.05 Å². The monoisotopic (exact) mass is 800 g/mol. The summed E-state index contributed by atoms with van der Waals surface area (Å²) in [6.45, 7) is 3.23. The van der Waals surface area contributed by atoms with Gasteiger partial charge in [-0.15, -0.1) is 0 Å². The maximum absolute atomic E-state index is 12.9. The highest BCUT2D eigenvalue weighted by molar-refractivity contribution is 7.90. The van der Waals surface area contributed by atoms with Crippen LogP contribution in [0.3, 0.4) is 0 Å². The standard InChI is InChI=1S/C16H14ClF3N2O4.C15H18N6O6S/c1-8(2)26-14(24)10-6-9(4-5-11(10)17)22-13(23)7-12(16(18,19)20)21(3)15(22)25;1-21(2)13(22)9-6-5-7-16-12(9)28(24,25)20-15(23)19-14-17-10(26-3)8-11(18-14)27-4/h4-8H,1-3H3;5-8H,1-4H3,(H2,17,18,19,20,23). The molecule has 0 fully saturated rings.